The van der Waals surface area contributed by atoms with Gasteiger partial charge in [0.25, 0.3) is 0 Å². The zero-order valence-corrected chi connectivity index (χ0v) is 7.83. The zero-order valence-electron chi connectivity index (χ0n) is 7.83. The number of rotatable bonds is 3. The van der Waals surface area contributed by atoms with Gasteiger partial charge in [-0.1, -0.05) is 6.92 Å². The smallest absolute Gasteiger partial charge is 0.354 e. The first-order valence-corrected chi connectivity index (χ1v) is 4.21. The minimum atomic E-state index is -0.366. The standard InChI is InChI=1S/C9H14N2O2/c1-3-7(10)6-4-8(11-5-6)9(12)13-2/h4-5,7,11H,3,10H2,1-2H3. The Kier molecular flexibility index (Phi) is 3.08. The minimum Gasteiger partial charge on any atom is -0.464 e. The molecule has 1 heterocycles. The molecule has 3 N–H and O–H groups in total. The highest BCUT2D eigenvalue weighted by Crippen LogP contribution is 2.14. The van der Waals surface area contributed by atoms with Gasteiger partial charge >= 0.3 is 5.97 Å². The Morgan fingerprint density at radius 2 is 2.46 bits per heavy atom. The summed E-state index contributed by atoms with van der Waals surface area (Å²) >= 11 is 0. The number of hydrogen-bond acceptors (Lipinski definition) is 3. The average molecular weight is 182 g/mol. The van der Waals surface area contributed by atoms with Gasteiger partial charge < -0.3 is 15.5 Å². The van der Waals surface area contributed by atoms with E-state index in [1.165, 1.54) is 7.11 Å². The third kappa shape index (κ3) is 2.09. The van der Waals surface area contributed by atoms with Crippen LogP contribution in [-0.4, -0.2) is 18.1 Å². The number of H-pyrrole nitrogens is 1. The monoisotopic (exact) mass is 182 g/mol. The van der Waals surface area contributed by atoms with E-state index in [1.54, 1.807) is 12.3 Å². The number of esters is 1. The number of ether oxygens (including phenoxy) is 1. The summed E-state index contributed by atoms with van der Waals surface area (Å²) in [7, 11) is 1.35. The lowest BCUT2D eigenvalue weighted by molar-refractivity contribution is 0.0595. The van der Waals surface area contributed by atoms with Crippen molar-refractivity contribution in [2.75, 3.05) is 7.11 Å². The Labute approximate surface area is 77.1 Å². The summed E-state index contributed by atoms with van der Waals surface area (Å²) in [5.74, 6) is -0.366. The Hall–Kier alpha value is -1.29. The van der Waals surface area contributed by atoms with Gasteiger partial charge in [0.1, 0.15) is 5.69 Å². The maximum atomic E-state index is 11.0. The second kappa shape index (κ2) is 4.09. The highest BCUT2D eigenvalue weighted by molar-refractivity contribution is 5.87. The van der Waals surface area contributed by atoms with Gasteiger partial charge in [0.2, 0.25) is 0 Å². The van der Waals surface area contributed by atoms with Crippen LogP contribution in [0.2, 0.25) is 0 Å². The van der Waals surface area contributed by atoms with E-state index in [4.69, 9.17) is 5.73 Å². The molecule has 0 aliphatic carbocycles. The van der Waals surface area contributed by atoms with Gasteiger partial charge in [-0.15, -0.1) is 0 Å². The Bertz CT molecular complexity index is 294. The van der Waals surface area contributed by atoms with E-state index >= 15 is 0 Å². The molecule has 1 atom stereocenters. The van der Waals surface area contributed by atoms with Crippen molar-refractivity contribution in [2.24, 2.45) is 5.73 Å². The van der Waals surface area contributed by atoms with Crippen LogP contribution in [0, 0.1) is 0 Å². The van der Waals surface area contributed by atoms with E-state index in [0.717, 1.165) is 12.0 Å². The molecule has 1 unspecified atom stereocenters. The lowest BCUT2D eigenvalue weighted by Crippen LogP contribution is -2.07. The van der Waals surface area contributed by atoms with Crippen molar-refractivity contribution >= 4 is 5.97 Å². The minimum absolute atomic E-state index is 0.0188. The highest BCUT2D eigenvalue weighted by Gasteiger charge is 2.11. The first-order chi connectivity index (χ1) is 6.19. The van der Waals surface area contributed by atoms with Crippen LogP contribution in [0.4, 0.5) is 0 Å². The molecule has 0 aromatic carbocycles. The fourth-order valence-corrected chi connectivity index (χ4v) is 1.09. The van der Waals surface area contributed by atoms with E-state index in [0.29, 0.717) is 5.69 Å². The van der Waals surface area contributed by atoms with Crippen LogP contribution < -0.4 is 5.73 Å². The molecule has 0 radical (unpaired) electrons. The number of nitrogens with one attached hydrogen (secondary N) is 1. The molecule has 0 aliphatic rings. The quantitative estimate of drug-likeness (QED) is 0.690. The number of carbonyl (C=O) groups excluding carboxylic acids is 1. The number of carbonyl (C=O) groups is 1. The van der Waals surface area contributed by atoms with Crippen LogP contribution in [-0.2, 0) is 4.74 Å². The summed E-state index contributed by atoms with van der Waals surface area (Å²) in [5, 5.41) is 0. The molecular formula is C9H14N2O2. The van der Waals surface area contributed by atoms with Gasteiger partial charge in [-0.25, -0.2) is 4.79 Å². The topological polar surface area (TPSA) is 68.1 Å². The number of methoxy groups -OCH3 is 1. The molecular weight excluding hydrogens is 168 g/mol. The van der Waals surface area contributed by atoms with E-state index in [9.17, 15) is 4.79 Å². The first-order valence-electron chi connectivity index (χ1n) is 4.21. The van der Waals surface area contributed by atoms with Crippen LogP contribution in [0.1, 0.15) is 35.4 Å². The van der Waals surface area contributed by atoms with Crippen LogP contribution >= 0.6 is 0 Å². The fraction of sp³-hybridized carbons (Fsp3) is 0.444. The summed E-state index contributed by atoms with van der Waals surface area (Å²) in [6.45, 7) is 2.00. The Morgan fingerprint density at radius 3 is 3.00 bits per heavy atom. The lowest BCUT2D eigenvalue weighted by Gasteiger charge is -2.03. The predicted octanol–water partition coefficient (Wildman–Crippen LogP) is 1.21. The van der Waals surface area contributed by atoms with E-state index < -0.39 is 0 Å². The maximum absolute atomic E-state index is 11.0. The molecule has 0 aliphatic heterocycles. The van der Waals surface area contributed by atoms with E-state index in [2.05, 4.69) is 9.72 Å². The molecule has 4 nitrogen and oxygen atoms in total. The summed E-state index contributed by atoms with van der Waals surface area (Å²) in [6.07, 6.45) is 2.58. The van der Waals surface area contributed by atoms with Crippen molar-refractivity contribution in [3.05, 3.63) is 23.5 Å². The van der Waals surface area contributed by atoms with E-state index in [-0.39, 0.29) is 12.0 Å². The normalized spacial score (nSPS) is 12.5. The second-order valence-corrected chi connectivity index (χ2v) is 2.85. The first kappa shape index (κ1) is 9.80. The van der Waals surface area contributed by atoms with Gasteiger partial charge in [0.15, 0.2) is 0 Å². The largest absolute Gasteiger partial charge is 0.464 e. The molecule has 1 rings (SSSR count). The van der Waals surface area contributed by atoms with Crippen LogP contribution in [0.15, 0.2) is 12.3 Å². The van der Waals surface area contributed by atoms with Crippen LogP contribution in [0.5, 0.6) is 0 Å². The summed E-state index contributed by atoms with van der Waals surface area (Å²) in [6, 6.07) is 1.70. The number of aromatic nitrogens is 1. The van der Waals surface area contributed by atoms with Crippen LogP contribution in [0.3, 0.4) is 0 Å². The molecule has 0 fully saturated rings. The fourth-order valence-electron chi connectivity index (χ4n) is 1.09. The van der Waals surface area contributed by atoms with Crippen molar-refractivity contribution in [2.45, 2.75) is 19.4 Å². The SMILES string of the molecule is CCC(N)c1c[nH]c(C(=O)OC)c1. The van der Waals surface area contributed by atoms with E-state index in [1.807, 2.05) is 6.92 Å². The predicted molar refractivity (Wildman–Crippen MR) is 49.4 cm³/mol. The number of nitrogens with two attached hydrogens (primary N) is 1. The summed E-state index contributed by atoms with van der Waals surface area (Å²) in [5.41, 5.74) is 7.16. The van der Waals surface area contributed by atoms with Crippen molar-refractivity contribution in [1.82, 2.24) is 4.98 Å². The van der Waals surface area contributed by atoms with Gasteiger partial charge in [-0.3, -0.25) is 0 Å². The van der Waals surface area contributed by atoms with Gasteiger partial charge in [-0.2, -0.15) is 0 Å². The number of aromatic amines is 1. The number of hydrogen-bond donors (Lipinski definition) is 2. The van der Waals surface area contributed by atoms with Gasteiger partial charge in [0, 0.05) is 12.2 Å². The summed E-state index contributed by atoms with van der Waals surface area (Å²) in [4.78, 5) is 13.9. The van der Waals surface area contributed by atoms with Crippen molar-refractivity contribution in [1.29, 1.82) is 0 Å². The highest BCUT2D eigenvalue weighted by atomic mass is 16.5. The molecule has 1 aromatic heterocycles. The molecule has 72 valence electrons. The molecule has 0 saturated heterocycles. The second-order valence-electron chi connectivity index (χ2n) is 2.85. The van der Waals surface area contributed by atoms with Gasteiger partial charge in [-0.05, 0) is 18.1 Å². The van der Waals surface area contributed by atoms with Crippen molar-refractivity contribution in [3.8, 4) is 0 Å². The Balaban J connectivity index is 2.80. The molecule has 1 aromatic rings. The molecule has 0 saturated carbocycles. The molecule has 0 bridgehead atoms. The molecule has 0 amide bonds. The van der Waals surface area contributed by atoms with Crippen molar-refractivity contribution in [3.63, 3.8) is 0 Å². The molecule has 0 spiro atoms. The maximum Gasteiger partial charge on any atom is 0.354 e. The average Bonchev–Trinajstić information content (AvgIpc) is 2.64. The third-order valence-electron chi connectivity index (χ3n) is 1.98. The van der Waals surface area contributed by atoms with Gasteiger partial charge in [0.05, 0.1) is 7.11 Å². The van der Waals surface area contributed by atoms with Crippen LogP contribution in [0.25, 0.3) is 0 Å². The zero-order chi connectivity index (χ0) is 9.84. The molecule has 13 heavy (non-hydrogen) atoms. The molecule has 4 heteroatoms. The van der Waals surface area contributed by atoms with Crippen molar-refractivity contribution < 1.29 is 9.53 Å². The third-order valence-corrected chi connectivity index (χ3v) is 1.98. The lowest BCUT2D eigenvalue weighted by atomic mass is 10.1. The Morgan fingerprint density at radius 1 is 1.77 bits per heavy atom. The summed E-state index contributed by atoms with van der Waals surface area (Å²) < 4.78 is 4.55.